The Hall–Kier alpha value is -2.89. The molecule has 1 aliphatic heterocycles. The zero-order valence-corrected chi connectivity index (χ0v) is 13.9. The van der Waals surface area contributed by atoms with Crippen molar-refractivity contribution in [2.75, 3.05) is 17.2 Å². The lowest BCUT2D eigenvalue weighted by Crippen LogP contribution is -2.26. The number of anilines is 2. The maximum atomic E-state index is 13.7. The molecule has 25 heavy (non-hydrogen) atoms. The van der Waals surface area contributed by atoms with Crippen LogP contribution in [0.1, 0.15) is 24.5 Å². The average Bonchev–Trinajstić information content (AvgIpc) is 2.60. The zero-order valence-electron chi connectivity index (χ0n) is 13.9. The minimum atomic E-state index is -0.560. The van der Waals surface area contributed by atoms with Crippen molar-refractivity contribution >= 4 is 23.2 Å². The van der Waals surface area contributed by atoms with Crippen molar-refractivity contribution < 1.29 is 18.7 Å². The Morgan fingerprint density at radius 1 is 1.24 bits per heavy atom. The molecule has 2 aromatic rings. The van der Waals surface area contributed by atoms with E-state index in [0.717, 1.165) is 18.1 Å². The first-order valence-corrected chi connectivity index (χ1v) is 8.19. The van der Waals surface area contributed by atoms with Gasteiger partial charge in [-0.3, -0.25) is 9.59 Å². The van der Waals surface area contributed by atoms with Crippen molar-refractivity contribution in [1.29, 1.82) is 0 Å². The van der Waals surface area contributed by atoms with E-state index in [0.29, 0.717) is 6.42 Å². The molecule has 0 spiro atoms. The average molecular weight is 342 g/mol. The molecule has 3 rings (SSSR count). The van der Waals surface area contributed by atoms with Gasteiger partial charge < -0.3 is 15.4 Å². The van der Waals surface area contributed by atoms with Gasteiger partial charge in [0.1, 0.15) is 5.82 Å². The Balaban J connectivity index is 1.65. The lowest BCUT2D eigenvalue weighted by molar-refractivity contribution is -0.118. The number of hydrogen-bond donors (Lipinski definition) is 2. The largest absolute Gasteiger partial charge is 0.479 e. The number of ether oxygens (including phenoxy) is 1. The van der Waals surface area contributed by atoms with Crippen LogP contribution in [0.25, 0.3) is 0 Å². The maximum Gasteiger partial charge on any atom is 0.262 e. The van der Waals surface area contributed by atoms with Crippen molar-refractivity contribution in [1.82, 2.24) is 0 Å². The van der Waals surface area contributed by atoms with Crippen LogP contribution < -0.4 is 15.4 Å². The van der Waals surface area contributed by atoms with Gasteiger partial charge in [-0.25, -0.2) is 4.39 Å². The summed E-state index contributed by atoms with van der Waals surface area (Å²) in [6.45, 7) is 1.93. The SMILES string of the molecule is CCc1ccc(CCC(=O)Nc2cc(F)cc3c2OCC(=O)N3)cc1. The molecule has 0 atom stereocenters. The number of amides is 2. The molecule has 0 saturated carbocycles. The predicted molar refractivity (Wildman–Crippen MR) is 93.3 cm³/mol. The molecular formula is C19H19FN2O3. The van der Waals surface area contributed by atoms with Crippen LogP contribution >= 0.6 is 0 Å². The molecule has 0 unspecified atom stereocenters. The van der Waals surface area contributed by atoms with Crippen molar-refractivity contribution in [2.45, 2.75) is 26.2 Å². The normalized spacial score (nSPS) is 12.8. The van der Waals surface area contributed by atoms with Crippen LogP contribution in [0.3, 0.4) is 0 Å². The quantitative estimate of drug-likeness (QED) is 0.876. The molecule has 2 aromatic carbocycles. The fourth-order valence-electron chi connectivity index (χ4n) is 2.67. The number of rotatable bonds is 5. The summed E-state index contributed by atoms with van der Waals surface area (Å²) in [7, 11) is 0. The summed E-state index contributed by atoms with van der Waals surface area (Å²) in [5, 5.41) is 5.19. The molecule has 0 radical (unpaired) electrons. The van der Waals surface area contributed by atoms with E-state index >= 15 is 0 Å². The van der Waals surface area contributed by atoms with Crippen LogP contribution in [0.2, 0.25) is 0 Å². The number of aryl methyl sites for hydroxylation is 2. The van der Waals surface area contributed by atoms with E-state index in [1.54, 1.807) is 0 Å². The smallest absolute Gasteiger partial charge is 0.262 e. The third-order valence-corrected chi connectivity index (χ3v) is 4.02. The first-order valence-electron chi connectivity index (χ1n) is 8.19. The third kappa shape index (κ3) is 4.15. The molecule has 5 nitrogen and oxygen atoms in total. The summed E-state index contributed by atoms with van der Waals surface area (Å²) in [5.74, 6) is -0.879. The van der Waals surface area contributed by atoms with E-state index in [9.17, 15) is 14.0 Å². The molecule has 0 aromatic heterocycles. The van der Waals surface area contributed by atoms with Gasteiger partial charge in [0.15, 0.2) is 12.4 Å². The minimum absolute atomic E-state index is 0.161. The number of fused-ring (bicyclic) bond motifs is 1. The lowest BCUT2D eigenvalue weighted by atomic mass is 10.1. The first kappa shape index (κ1) is 17.0. The van der Waals surface area contributed by atoms with Gasteiger partial charge in [-0.1, -0.05) is 31.2 Å². The Labute approximate surface area is 145 Å². The van der Waals surface area contributed by atoms with Gasteiger partial charge >= 0.3 is 0 Å². The second kappa shape index (κ2) is 7.34. The Morgan fingerprint density at radius 3 is 2.68 bits per heavy atom. The summed E-state index contributed by atoms with van der Waals surface area (Å²) >= 11 is 0. The van der Waals surface area contributed by atoms with Gasteiger partial charge in [0, 0.05) is 18.6 Å². The topological polar surface area (TPSA) is 67.4 Å². The van der Waals surface area contributed by atoms with Gasteiger partial charge in [-0.2, -0.15) is 0 Å². The van der Waals surface area contributed by atoms with E-state index in [1.165, 1.54) is 11.6 Å². The predicted octanol–water partition coefficient (Wildman–Crippen LogP) is 3.29. The molecule has 6 heteroatoms. The van der Waals surface area contributed by atoms with Crippen molar-refractivity contribution in [2.24, 2.45) is 0 Å². The number of halogens is 1. The zero-order chi connectivity index (χ0) is 17.8. The van der Waals surface area contributed by atoms with E-state index < -0.39 is 5.82 Å². The highest BCUT2D eigenvalue weighted by molar-refractivity contribution is 6.00. The monoisotopic (exact) mass is 342 g/mol. The van der Waals surface area contributed by atoms with E-state index in [-0.39, 0.29) is 42.0 Å². The van der Waals surface area contributed by atoms with Crippen LogP contribution in [-0.4, -0.2) is 18.4 Å². The van der Waals surface area contributed by atoms with Crippen LogP contribution in [0.4, 0.5) is 15.8 Å². The highest BCUT2D eigenvalue weighted by Crippen LogP contribution is 2.36. The van der Waals surface area contributed by atoms with Crippen LogP contribution in [0, 0.1) is 5.82 Å². The fraction of sp³-hybridized carbons (Fsp3) is 0.263. The molecule has 2 amide bonds. The van der Waals surface area contributed by atoms with Crippen molar-refractivity contribution in [3.63, 3.8) is 0 Å². The second-order valence-corrected chi connectivity index (χ2v) is 5.89. The van der Waals surface area contributed by atoms with Crippen molar-refractivity contribution in [3.8, 4) is 5.75 Å². The Bertz CT molecular complexity index is 803. The Kier molecular flexibility index (Phi) is 4.97. The fourth-order valence-corrected chi connectivity index (χ4v) is 2.67. The van der Waals surface area contributed by atoms with E-state index in [1.807, 2.05) is 24.3 Å². The van der Waals surface area contributed by atoms with Crippen LogP contribution in [0.15, 0.2) is 36.4 Å². The number of benzene rings is 2. The molecule has 0 fully saturated rings. The van der Waals surface area contributed by atoms with Crippen molar-refractivity contribution in [3.05, 3.63) is 53.3 Å². The summed E-state index contributed by atoms with van der Waals surface area (Å²) < 4.78 is 19.0. The summed E-state index contributed by atoms with van der Waals surface area (Å²) in [4.78, 5) is 23.5. The number of hydrogen-bond acceptors (Lipinski definition) is 3. The summed E-state index contributed by atoms with van der Waals surface area (Å²) in [6, 6.07) is 10.5. The van der Waals surface area contributed by atoms with E-state index in [4.69, 9.17) is 4.74 Å². The van der Waals surface area contributed by atoms with Gasteiger partial charge in [0.2, 0.25) is 5.91 Å². The first-order chi connectivity index (χ1) is 12.0. The molecule has 0 bridgehead atoms. The number of carbonyl (C=O) groups is 2. The number of carbonyl (C=O) groups excluding carboxylic acids is 2. The molecule has 1 aliphatic rings. The maximum absolute atomic E-state index is 13.7. The highest BCUT2D eigenvalue weighted by Gasteiger charge is 2.21. The summed E-state index contributed by atoms with van der Waals surface area (Å²) in [6.07, 6.45) is 1.83. The van der Waals surface area contributed by atoms with E-state index in [2.05, 4.69) is 17.6 Å². The minimum Gasteiger partial charge on any atom is -0.479 e. The van der Waals surface area contributed by atoms with Gasteiger partial charge in [-0.05, 0) is 24.0 Å². The molecule has 1 heterocycles. The Morgan fingerprint density at radius 2 is 1.96 bits per heavy atom. The highest BCUT2D eigenvalue weighted by atomic mass is 19.1. The molecule has 0 aliphatic carbocycles. The molecule has 0 saturated heterocycles. The van der Waals surface area contributed by atoms with Crippen LogP contribution in [0.5, 0.6) is 5.75 Å². The number of nitrogens with one attached hydrogen (secondary N) is 2. The van der Waals surface area contributed by atoms with Gasteiger partial charge in [-0.15, -0.1) is 0 Å². The molecule has 130 valence electrons. The van der Waals surface area contributed by atoms with Gasteiger partial charge in [0.05, 0.1) is 11.4 Å². The lowest BCUT2D eigenvalue weighted by Gasteiger charge is -2.21. The third-order valence-electron chi connectivity index (χ3n) is 4.02. The van der Waals surface area contributed by atoms with Crippen LogP contribution in [-0.2, 0) is 22.4 Å². The molecular weight excluding hydrogens is 323 g/mol. The second-order valence-electron chi connectivity index (χ2n) is 5.89. The molecule has 2 N–H and O–H groups in total. The summed E-state index contributed by atoms with van der Waals surface area (Å²) in [5.41, 5.74) is 2.76. The standard InChI is InChI=1S/C19H19FN2O3/c1-2-12-3-5-13(6-4-12)7-8-17(23)21-15-9-14(20)10-16-19(15)25-11-18(24)22-16/h3-6,9-10H,2,7-8,11H2,1H3,(H,21,23)(H,22,24). The van der Waals surface area contributed by atoms with Gasteiger partial charge in [0.25, 0.3) is 5.91 Å².